The number of aromatic amines is 1. The molecule has 1 atom stereocenters. The first-order valence-corrected chi connectivity index (χ1v) is 12.2. The van der Waals surface area contributed by atoms with Gasteiger partial charge in [-0.15, -0.1) is 0 Å². The van der Waals surface area contributed by atoms with Gasteiger partial charge in [0.15, 0.2) is 0 Å². The summed E-state index contributed by atoms with van der Waals surface area (Å²) < 4.78 is 33.5. The zero-order valence-electron chi connectivity index (χ0n) is 18.4. The number of nitrogens with zero attached hydrogens (tertiary/aromatic N) is 1. The van der Waals surface area contributed by atoms with E-state index >= 15 is 0 Å². The molecule has 4 rings (SSSR count). The van der Waals surface area contributed by atoms with Crippen LogP contribution < -0.4 is 14.8 Å². The highest BCUT2D eigenvalue weighted by Gasteiger charge is 2.30. The van der Waals surface area contributed by atoms with Crippen molar-refractivity contribution >= 4 is 27.0 Å². The van der Waals surface area contributed by atoms with E-state index in [1.165, 1.54) is 19.2 Å². The van der Waals surface area contributed by atoms with Crippen molar-refractivity contribution in [3.8, 4) is 5.75 Å². The molecule has 32 heavy (non-hydrogen) atoms. The topological polar surface area (TPSA) is 113 Å². The van der Waals surface area contributed by atoms with Gasteiger partial charge in [-0.25, -0.2) is 18.1 Å². The molecule has 1 unspecified atom stereocenters. The Hall–Kier alpha value is -2.91. The molecule has 8 nitrogen and oxygen atoms in total. The number of sulfonamides is 1. The fourth-order valence-electron chi connectivity index (χ4n) is 3.60. The number of fused-ring (bicyclic) bond motifs is 1. The molecule has 9 heteroatoms. The molecule has 2 aromatic carbocycles. The van der Waals surface area contributed by atoms with Crippen LogP contribution in [-0.4, -0.2) is 37.4 Å². The van der Waals surface area contributed by atoms with E-state index in [0.29, 0.717) is 18.2 Å². The summed E-state index contributed by atoms with van der Waals surface area (Å²) in [5.74, 6) is 0.806. The van der Waals surface area contributed by atoms with Crippen LogP contribution in [0.25, 0.3) is 11.0 Å². The normalized spacial score (nSPS) is 15.1. The molecule has 1 aliphatic carbocycles. The lowest BCUT2D eigenvalue weighted by Crippen LogP contribution is -2.31. The van der Waals surface area contributed by atoms with Crippen molar-refractivity contribution < 1.29 is 17.9 Å². The summed E-state index contributed by atoms with van der Waals surface area (Å²) in [4.78, 5) is 21.0. The molecule has 0 bridgehead atoms. The molecule has 0 saturated heterocycles. The number of hydrogen-bond donors (Lipinski definition) is 3. The van der Waals surface area contributed by atoms with E-state index in [9.17, 15) is 13.2 Å². The monoisotopic (exact) mass is 456 g/mol. The Morgan fingerprint density at radius 1 is 1.22 bits per heavy atom. The molecule has 1 fully saturated rings. The largest absolute Gasteiger partial charge is 0.495 e. The van der Waals surface area contributed by atoms with Gasteiger partial charge in [-0.2, -0.15) is 0 Å². The Morgan fingerprint density at radius 2 is 1.97 bits per heavy atom. The summed E-state index contributed by atoms with van der Waals surface area (Å²) in [6.45, 7) is 4.15. The van der Waals surface area contributed by atoms with Gasteiger partial charge in [0.05, 0.1) is 24.2 Å². The first kappa shape index (κ1) is 22.3. The second-order valence-electron chi connectivity index (χ2n) is 8.56. The van der Waals surface area contributed by atoms with Crippen LogP contribution in [0.5, 0.6) is 5.75 Å². The highest BCUT2D eigenvalue weighted by Crippen LogP contribution is 2.29. The predicted molar refractivity (Wildman–Crippen MR) is 122 cm³/mol. The molecule has 1 amide bonds. The van der Waals surface area contributed by atoms with Crippen LogP contribution in [0.2, 0.25) is 0 Å². The number of imidazole rings is 1. The maximum atomic E-state index is 13.1. The summed E-state index contributed by atoms with van der Waals surface area (Å²) >= 11 is 0. The average molecular weight is 457 g/mol. The third-order valence-electron chi connectivity index (χ3n) is 5.36. The summed E-state index contributed by atoms with van der Waals surface area (Å²) in [6.07, 6.45) is 2.31. The van der Waals surface area contributed by atoms with Gasteiger partial charge in [-0.05, 0) is 55.5 Å². The zero-order valence-corrected chi connectivity index (χ0v) is 19.2. The number of benzene rings is 2. The van der Waals surface area contributed by atoms with Crippen LogP contribution in [0.1, 0.15) is 55.3 Å². The number of carbonyl (C=O) groups is 1. The SMILES string of the molecule is COc1ccc(C(=O)NC(CC(C)C)c2nc3ccccc3[nH]2)cc1S(=O)(=O)NC1CC1. The summed E-state index contributed by atoms with van der Waals surface area (Å²) in [7, 11) is -2.38. The second kappa shape index (κ2) is 8.91. The number of carbonyl (C=O) groups excluding carboxylic acids is 1. The van der Waals surface area contributed by atoms with Gasteiger partial charge < -0.3 is 15.0 Å². The highest BCUT2D eigenvalue weighted by molar-refractivity contribution is 7.89. The zero-order chi connectivity index (χ0) is 22.9. The third kappa shape index (κ3) is 4.94. The lowest BCUT2D eigenvalue weighted by Gasteiger charge is -2.19. The van der Waals surface area contributed by atoms with E-state index in [4.69, 9.17) is 4.74 Å². The van der Waals surface area contributed by atoms with E-state index in [1.807, 2.05) is 24.3 Å². The van der Waals surface area contributed by atoms with Crippen molar-refractivity contribution in [3.05, 3.63) is 53.9 Å². The Morgan fingerprint density at radius 3 is 2.62 bits per heavy atom. The minimum absolute atomic E-state index is 0.0382. The minimum atomic E-state index is -3.79. The van der Waals surface area contributed by atoms with Crippen LogP contribution in [-0.2, 0) is 10.0 Å². The predicted octanol–water partition coefficient (Wildman–Crippen LogP) is 3.53. The summed E-state index contributed by atoms with van der Waals surface area (Å²) in [5, 5.41) is 3.02. The minimum Gasteiger partial charge on any atom is -0.495 e. The molecule has 1 heterocycles. The Labute approximate surface area is 187 Å². The number of para-hydroxylation sites is 2. The van der Waals surface area contributed by atoms with Crippen molar-refractivity contribution in [2.24, 2.45) is 5.92 Å². The highest BCUT2D eigenvalue weighted by atomic mass is 32.2. The molecule has 0 spiro atoms. The van der Waals surface area contributed by atoms with Gasteiger partial charge in [0.2, 0.25) is 10.0 Å². The molecule has 1 aromatic heterocycles. The van der Waals surface area contributed by atoms with Crippen LogP contribution in [0, 0.1) is 5.92 Å². The molecular weight excluding hydrogens is 428 g/mol. The molecule has 3 N–H and O–H groups in total. The lowest BCUT2D eigenvalue weighted by molar-refractivity contribution is 0.0930. The molecule has 170 valence electrons. The van der Waals surface area contributed by atoms with Gasteiger partial charge in [0, 0.05) is 11.6 Å². The van der Waals surface area contributed by atoms with Gasteiger partial charge in [0.1, 0.15) is 16.5 Å². The third-order valence-corrected chi connectivity index (χ3v) is 6.91. The number of hydrogen-bond acceptors (Lipinski definition) is 5. The van der Waals surface area contributed by atoms with Gasteiger partial charge >= 0.3 is 0 Å². The maximum absolute atomic E-state index is 13.1. The summed E-state index contributed by atoms with van der Waals surface area (Å²) in [6, 6.07) is 11.7. The second-order valence-corrected chi connectivity index (χ2v) is 10.2. The van der Waals surface area contributed by atoms with Crippen molar-refractivity contribution in [2.45, 2.75) is 50.1 Å². The van der Waals surface area contributed by atoms with E-state index in [1.54, 1.807) is 6.07 Å². The number of methoxy groups -OCH3 is 1. The number of rotatable bonds is 9. The van der Waals surface area contributed by atoms with Gasteiger partial charge in [-0.1, -0.05) is 26.0 Å². The first-order chi connectivity index (χ1) is 15.3. The van der Waals surface area contributed by atoms with Crippen molar-refractivity contribution in [1.82, 2.24) is 20.0 Å². The van der Waals surface area contributed by atoms with Gasteiger partial charge in [-0.3, -0.25) is 4.79 Å². The van der Waals surface area contributed by atoms with Crippen molar-refractivity contribution in [3.63, 3.8) is 0 Å². The average Bonchev–Trinajstić information content (AvgIpc) is 3.45. The molecule has 3 aromatic rings. The van der Waals surface area contributed by atoms with E-state index in [-0.39, 0.29) is 34.2 Å². The quantitative estimate of drug-likeness (QED) is 0.456. The van der Waals surface area contributed by atoms with Gasteiger partial charge in [0.25, 0.3) is 5.91 Å². The summed E-state index contributed by atoms with van der Waals surface area (Å²) in [5.41, 5.74) is 1.97. The molecule has 1 saturated carbocycles. The van der Waals surface area contributed by atoms with Crippen LogP contribution in [0.4, 0.5) is 0 Å². The number of ether oxygens (including phenoxy) is 1. The molecule has 0 aliphatic heterocycles. The molecule has 1 aliphatic rings. The Balaban J connectivity index is 1.62. The van der Waals surface area contributed by atoms with E-state index in [0.717, 1.165) is 23.9 Å². The smallest absolute Gasteiger partial charge is 0.251 e. The van der Waals surface area contributed by atoms with Crippen LogP contribution in [0.15, 0.2) is 47.4 Å². The maximum Gasteiger partial charge on any atom is 0.251 e. The molecule has 0 radical (unpaired) electrons. The fourth-order valence-corrected chi connectivity index (χ4v) is 5.10. The number of nitrogens with one attached hydrogen (secondary N) is 3. The fraction of sp³-hybridized carbons (Fsp3) is 0.391. The van der Waals surface area contributed by atoms with Crippen LogP contribution >= 0.6 is 0 Å². The van der Waals surface area contributed by atoms with Crippen molar-refractivity contribution in [2.75, 3.05) is 7.11 Å². The number of aromatic nitrogens is 2. The lowest BCUT2D eigenvalue weighted by atomic mass is 10.0. The number of H-pyrrole nitrogens is 1. The standard InChI is InChI=1S/C23H28N4O4S/c1-14(2)12-19(22-24-17-6-4-5-7-18(17)25-22)26-23(28)15-8-11-20(31-3)21(13-15)32(29,30)27-16-9-10-16/h4-8,11,13-14,16,19,27H,9-10,12H2,1-3H3,(H,24,25)(H,26,28). The van der Waals surface area contributed by atoms with E-state index in [2.05, 4.69) is 33.9 Å². The Kier molecular flexibility index (Phi) is 6.21. The Bertz CT molecular complexity index is 1200. The van der Waals surface area contributed by atoms with Crippen molar-refractivity contribution in [1.29, 1.82) is 0 Å². The molecular formula is C23H28N4O4S. The van der Waals surface area contributed by atoms with E-state index < -0.39 is 10.0 Å². The number of amides is 1. The first-order valence-electron chi connectivity index (χ1n) is 10.7. The van der Waals surface area contributed by atoms with Crippen LogP contribution in [0.3, 0.4) is 0 Å².